The smallest absolute Gasteiger partial charge is 0.191 e. The zero-order valence-corrected chi connectivity index (χ0v) is 17.9. The molecule has 1 aliphatic rings. The van der Waals surface area contributed by atoms with Gasteiger partial charge >= 0.3 is 0 Å². The highest BCUT2D eigenvalue weighted by molar-refractivity contribution is 14.0. The second-order valence-corrected chi connectivity index (χ2v) is 6.15. The number of ether oxygens (including phenoxy) is 2. The molecule has 1 aromatic rings. The van der Waals surface area contributed by atoms with Crippen molar-refractivity contribution in [2.24, 2.45) is 4.99 Å². The molecule has 1 heterocycles. The van der Waals surface area contributed by atoms with E-state index in [1.807, 2.05) is 18.2 Å². The largest absolute Gasteiger partial charge is 0.379 e. The summed E-state index contributed by atoms with van der Waals surface area (Å²) in [5, 5.41) is 7.42. The molecule has 1 unspecified atom stereocenters. The summed E-state index contributed by atoms with van der Waals surface area (Å²) in [5.41, 5.74) is 1.15. The Morgan fingerprint density at radius 1 is 1.36 bits per heavy atom. The summed E-state index contributed by atoms with van der Waals surface area (Å²) < 4.78 is 11.0. The van der Waals surface area contributed by atoms with Crippen molar-refractivity contribution in [3.05, 3.63) is 34.9 Å². The van der Waals surface area contributed by atoms with E-state index >= 15 is 0 Å². The Balaban J connectivity index is 0.00000312. The van der Waals surface area contributed by atoms with Gasteiger partial charge in [0.05, 0.1) is 12.7 Å². The standard InChI is InChI=1S/C18H28ClN3O2.HI/c1-2-20-18(21-10-5-12-24-16-9-13-23-14-16)22-11-8-15-6-3-4-7-17(15)19;/h3-4,6-7,16H,2,5,8-14H2,1H3,(H2,20,21,22);1H. The van der Waals surface area contributed by atoms with E-state index in [1.165, 1.54) is 0 Å². The van der Waals surface area contributed by atoms with Gasteiger partial charge in [-0.3, -0.25) is 4.99 Å². The van der Waals surface area contributed by atoms with E-state index in [0.29, 0.717) is 0 Å². The van der Waals surface area contributed by atoms with Crippen LogP contribution in [0.25, 0.3) is 0 Å². The van der Waals surface area contributed by atoms with Crippen molar-refractivity contribution in [2.45, 2.75) is 32.3 Å². The Morgan fingerprint density at radius 3 is 2.92 bits per heavy atom. The minimum atomic E-state index is 0. The first-order chi connectivity index (χ1) is 11.8. The first kappa shape index (κ1) is 22.5. The third-order valence-electron chi connectivity index (χ3n) is 3.80. The predicted molar refractivity (Wildman–Crippen MR) is 114 cm³/mol. The molecule has 0 saturated carbocycles. The summed E-state index contributed by atoms with van der Waals surface area (Å²) in [4.78, 5) is 4.58. The van der Waals surface area contributed by atoms with Crippen LogP contribution in [0.2, 0.25) is 5.02 Å². The summed E-state index contributed by atoms with van der Waals surface area (Å²) in [6.45, 7) is 6.73. The molecule has 5 nitrogen and oxygen atoms in total. The normalized spacial score (nSPS) is 17.2. The maximum atomic E-state index is 6.18. The van der Waals surface area contributed by atoms with E-state index in [4.69, 9.17) is 21.1 Å². The van der Waals surface area contributed by atoms with Crippen LogP contribution >= 0.6 is 35.6 Å². The molecule has 0 spiro atoms. The molecule has 7 heteroatoms. The van der Waals surface area contributed by atoms with Gasteiger partial charge in [-0.25, -0.2) is 0 Å². The second-order valence-electron chi connectivity index (χ2n) is 5.74. The van der Waals surface area contributed by atoms with Crippen LogP contribution in [-0.4, -0.2) is 51.5 Å². The van der Waals surface area contributed by atoms with Gasteiger partial charge < -0.3 is 20.1 Å². The lowest BCUT2D eigenvalue weighted by Crippen LogP contribution is -2.38. The van der Waals surface area contributed by atoms with Crippen LogP contribution < -0.4 is 10.6 Å². The quantitative estimate of drug-likeness (QED) is 0.246. The summed E-state index contributed by atoms with van der Waals surface area (Å²) >= 11 is 6.18. The van der Waals surface area contributed by atoms with E-state index in [-0.39, 0.29) is 30.1 Å². The first-order valence-electron chi connectivity index (χ1n) is 8.74. The zero-order chi connectivity index (χ0) is 17.0. The van der Waals surface area contributed by atoms with Crippen LogP contribution in [0.1, 0.15) is 25.3 Å². The highest BCUT2D eigenvalue weighted by Gasteiger charge is 2.15. The van der Waals surface area contributed by atoms with Crippen molar-refractivity contribution in [1.29, 1.82) is 0 Å². The average molecular weight is 482 g/mol. The Morgan fingerprint density at radius 2 is 2.20 bits per heavy atom. The molecule has 25 heavy (non-hydrogen) atoms. The highest BCUT2D eigenvalue weighted by Crippen LogP contribution is 2.14. The van der Waals surface area contributed by atoms with Crippen molar-refractivity contribution >= 4 is 41.5 Å². The van der Waals surface area contributed by atoms with Gasteiger partial charge in [-0.1, -0.05) is 29.8 Å². The van der Waals surface area contributed by atoms with Crippen LogP contribution in [0.5, 0.6) is 0 Å². The fraction of sp³-hybridized carbons (Fsp3) is 0.611. The number of hydrogen-bond acceptors (Lipinski definition) is 3. The van der Waals surface area contributed by atoms with E-state index in [0.717, 1.165) is 75.3 Å². The highest BCUT2D eigenvalue weighted by atomic mass is 127. The molecular formula is C18H29ClIN3O2. The van der Waals surface area contributed by atoms with E-state index in [1.54, 1.807) is 0 Å². The van der Waals surface area contributed by atoms with Crippen LogP contribution in [-0.2, 0) is 15.9 Å². The van der Waals surface area contributed by atoms with E-state index in [9.17, 15) is 0 Å². The molecule has 142 valence electrons. The molecule has 0 bridgehead atoms. The number of nitrogens with zero attached hydrogens (tertiary/aromatic N) is 1. The lowest BCUT2D eigenvalue weighted by molar-refractivity contribution is 0.0424. The van der Waals surface area contributed by atoms with Gasteiger partial charge in [0.15, 0.2) is 5.96 Å². The molecule has 1 aliphatic heterocycles. The van der Waals surface area contributed by atoms with Crippen molar-refractivity contribution in [1.82, 2.24) is 10.6 Å². The Kier molecular flexibility index (Phi) is 12.2. The third kappa shape index (κ3) is 9.08. The molecular weight excluding hydrogens is 453 g/mol. The number of rotatable bonds is 9. The van der Waals surface area contributed by atoms with Crippen molar-refractivity contribution in [3.63, 3.8) is 0 Å². The predicted octanol–water partition coefficient (Wildman–Crippen LogP) is 3.25. The fourth-order valence-electron chi connectivity index (χ4n) is 2.51. The van der Waals surface area contributed by atoms with Gasteiger partial charge in [-0.2, -0.15) is 0 Å². The maximum Gasteiger partial charge on any atom is 0.191 e. The summed E-state index contributed by atoms with van der Waals surface area (Å²) in [6.07, 6.45) is 3.07. The lowest BCUT2D eigenvalue weighted by Gasteiger charge is -2.12. The fourth-order valence-corrected chi connectivity index (χ4v) is 2.74. The van der Waals surface area contributed by atoms with E-state index in [2.05, 4.69) is 28.6 Å². The summed E-state index contributed by atoms with van der Waals surface area (Å²) in [7, 11) is 0. The number of halogens is 2. The minimum Gasteiger partial charge on any atom is -0.379 e. The average Bonchev–Trinajstić information content (AvgIpc) is 3.09. The summed E-state index contributed by atoms with van der Waals surface area (Å²) in [5.74, 6) is 0.841. The number of guanidine groups is 1. The van der Waals surface area contributed by atoms with Gasteiger partial charge in [0, 0.05) is 37.9 Å². The molecule has 1 atom stereocenters. The SMILES string of the molecule is CCNC(=NCCCOC1CCOC1)NCCc1ccccc1Cl.I. The number of hydrogen-bond donors (Lipinski definition) is 2. The molecule has 2 rings (SSSR count). The molecule has 0 aliphatic carbocycles. The Hall–Kier alpha value is -0.570. The second kappa shape index (κ2) is 13.6. The van der Waals surface area contributed by atoms with Gasteiger partial charge in [0.25, 0.3) is 0 Å². The minimum absolute atomic E-state index is 0. The van der Waals surface area contributed by atoms with Crippen LogP contribution in [0, 0.1) is 0 Å². The topological polar surface area (TPSA) is 54.9 Å². The van der Waals surface area contributed by atoms with Crippen molar-refractivity contribution < 1.29 is 9.47 Å². The number of benzene rings is 1. The van der Waals surface area contributed by atoms with Crippen LogP contribution in [0.3, 0.4) is 0 Å². The molecule has 0 amide bonds. The molecule has 0 radical (unpaired) electrons. The zero-order valence-electron chi connectivity index (χ0n) is 14.8. The number of nitrogens with one attached hydrogen (secondary N) is 2. The Labute approximate surface area is 172 Å². The number of aliphatic imine (C=N–C) groups is 1. The first-order valence-corrected chi connectivity index (χ1v) is 9.12. The molecule has 1 saturated heterocycles. The Bertz CT molecular complexity index is 511. The monoisotopic (exact) mass is 481 g/mol. The lowest BCUT2D eigenvalue weighted by atomic mass is 10.1. The maximum absolute atomic E-state index is 6.18. The summed E-state index contributed by atoms with van der Waals surface area (Å²) in [6, 6.07) is 7.93. The molecule has 1 aromatic carbocycles. The van der Waals surface area contributed by atoms with Gasteiger partial charge in [-0.05, 0) is 37.8 Å². The molecule has 0 aromatic heterocycles. The van der Waals surface area contributed by atoms with Gasteiger partial charge in [-0.15, -0.1) is 24.0 Å². The van der Waals surface area contributed by atoms with Gasteiger partial charge in [0.2, 0.25) is 0 Å². The van der Waals surface area contributed by atoms with Crippen molar-refractivity contribution in [3.8, 4) is 0 Å². The van der Waals surface area contributed by atoms with Crippen molar-refractivity contribution in [2.75, 3.05) is 39.5 Å². The van der Waals surface area contributed by atoms with Crippen LogP contribution in [0.15, 0.2) is 29.3 Å². The van der Waals surface area contributed by atoms with E-state index < -0.39 is 0 Å². The van der Waals surface area contributed by atoms with Crippen LogP contribution in [0.4, 0.5) is 0 Å². The van der Waals surface area contributed by atoms with Gasteiger partial charge in [0.1, 0.15) is 0 Å². The molecule has 2 N–H and O–H groups in total. The molecule has 1 fully saturated rings. The third-order valence-corrected chi connectivity index (χ3v) is 4.17.